The second kappa shape index (κ2) is 15.2. The maximum Gasteiger partial charge on any atom is 0.205 e. The molecule has 2 heterocycles. The number of thiazole rings is 1. The summed E-state index contributed by atoms with van der Waals surface area (Å²) in [6, 6.07) is 0. The molecule has 1 aromatic heterocycles. The van der Waals surface area contributed by atoms with Gasteiger partial charge in [-0.15, -0.1) is 36.2 Å². The minimum atomic E-state index is -0.0575. The average molecular weight is 407 g/mol. The molecule has 0 bridgehead atoms. The lowest BCUT2D eigenvalue weighted by atomic mass is 10.2. The second-order valence-corrected chi connectivity index (χ2v) is 5.36. The molecule has 0 unspecified atom stereocenters. The van der Waals surface area contributed by atoms with Crippen molar-refractivity contribution in [2.45, 2.75) is 26.2 Å². The maximum atomic E-state index is 7.37. The Morgan fingerprint density at radius 2 is 2.00 bits per heavy atom. The molecule has 10 N–H and O–H groups in total. The zero-order chi connectivity index (χ0) is 13.7. The SMILES string of the molecule is CCCCCN1C=C(c2nccs2)N(NC(=N)N)C1.Cl.Cl.O.O.O. The molecule has 0 amide bonds. The fourth-order valence-corrected chi connectivity index (χ4v) is 2.66. The lowest BCUT2D eigenvalue weighted by molar-refractivity contribution is 0.244. The first-order valence-corrected chi connectivity index (χ1v) is 7.32. The third-order valence-corrected chi connectivity index (χ3v) is 3.67. The van der Waals surface area contributed by atoms with E-state index < -0.39 is 0 Å². The van der Waals surface area contributed by atoms with E-state index in [0.717, 1.165) is 17.2 Å². The van der Waals surface area contributed by atoms with Gasteiger partial charge in [-0.1, -0.05) is 19.8 Å². The summed E-state index contributed by atoms with van der Waals surface area (Å²) in [5, 5.41) is 12.1. The van der Waals surface area contributed by atoms with Crippen LogP contribution in [0, 0.1) is 5.41 Å². The van der Waals surface area contributed by atoms with Crippen LogP contribution in [-0.4, -0.2) is 50.5 Å². The predicted molar refractivity (Wildman–Crippen MR) is 103 cm³/mol. The number of nitrogens with zero attached hydrogens (tertiary/aromatic N) is 3. The molecule has 0 radical (unpaired) electrons. The van der Waals surface area contributed by atoms with E-state index in [1.807, 2.05) is 10.4 Å². The summed E-state index contributed by atoms with van der Waals surface area (Å²) in [6.45, 7) is 3.90. The third kappa shape index (κ3) is 8.52. The van der Waals surface area contributed by atoms with Crippen LogP contribution in [0.3, 0.4) is 0 Å². The van der Waals surface area contributed by atoms with Crippen molar-refractivity contribution in [3.8, 4) is 0 Å². The molecule has 0 aliphatic carbocycles. The van der Waals surface area contributed by atoms with Crippen molar-refractivity contribution < 1.29 is 16.4 Å². The molecule has 1 aliphatic rings. The van der Waals surface area contributed by atoms with Crippen LogP contribution >= 0.6 is 36.2 Å². The highest BCUT2D eigenvalue weighted by molar-refractivity contribution is 7.10. The van der Waals surface area contributed by atoms with Crippen LogP contribution in [0.5, 0.6) is 0 Å². The van der Waals surface area contributed by atoms with Crippen molar-refractivity contribution in [1.82, 2.24) is 20.3 Å². The topological polar surface area (TPSA) is 176 Å². The van der Waals surface area contributed by atoms with Crippen LogP contribution in [0.4, 0.5) is 0 Å². The molecule has 0 saturated heterocycles. The molecule has 0 spiro atoms. The van der Waals surface area contributed by atoms with E-state index in [-0.39, 0.29) is 47.2 Å². The molecule has 12 heteroatoms. The molecule has 9 nitrogen and oxygen atoms in total. The van der Waals surface area contributed by atoms with Gasteiger partial charge in [0.25, 0.3) is 0 Å². The summed E-state index contributed by atoms with van der Waals surface area (Å²) in [5.74, 6) is -0.0575. The molecule has 2 rings (SSSR count). The number of guanidine groups is 1. The number of halogens is 2. The molecule has 0 saturated carbocycles. The summed E-state index contributed by atoms with van der Waals surface area (Å²) in [6.07, 6.45) is 7.49. The first kappa shape index (κ1) is 30.6. The van der Waals surface area contributed by atoms with E-state index in [9.17, 15) is 0 Å². The van der Waals surface area contributed by atoms with Crippen LogP contribution in [0.25, 0.3) is 5.70 Å². The first-order valence-electron chi connectivity index (χ1n) is 6.44. The summed E-state index contributed by atoms with van der Waals surface area (Å²) in [7, 11) is 0. The molecular weight excluding hydrogens is 379 g/mol. The summed E-state index contributed by atoms with van der Waals surface area (Å²) in [4.78, 5) is 6.54. The number of hydrogen-bond acceptors (Lipinski definition) is 5. The smallest absolute Gasteiger partial charge is 0.205 e. The fourth-order valence-electron chi connectivity index (χ4n) is 2.00. The largest absolute Gasteiger partial charge is 0.412 e. The Labute approximate surface area is 158 Å². The first-order chi connectivity index (χ1) is 9.20. The van der Waals surface area contributed by atoms with Gasteiger partial charge in [0.15, 0.2) is 0 Å². The molecule has 24 heavy (non-hydrogen) atoms. The Morgan fingerprint density at radius 1 is 1.33 bits per heavy atom. The highest BCUT2D eigenvalue weighted by atomic mass is 35.5. The van der Waals surface area contributed by atoms with Gasteiger partial charge >= 0.3 is 0 Å². The highest BCUT2D eigenvalue weighted by Crippen LogP contribution is 2.25. The summed E-state index contributed by atoms with van der Waals surface area (Å²) in [5.41, 5.74) is 9.25. The van der Waals surface area contributed by atoms with Gasteiger partial charge in [0.05, 0.1) is 0 Å². The quantitative estimate of drug-likeness (QED) is 0.340. The molecule has 1 aromatic rings. The van der Waals surface area contributed by atoms with E-state index in [4.69, 9.17) is 11.1 Å². The van der Waals surface area contributed by atoms with Crippen LogP contribution < -0.4 is 11.2 Å². The van der Waals surface area contributed by atoms with E-state index in [1.54, 1.807) is 17.5 Å². The van der Waals surface area contributed by atoms with Crippen molar-refractivity contribution in [3.05, 3.63) is 22.8 Å². The fraction of sp³-hybridized carbons (Fsp3) is 0.500. The molecular formula is C12H28Cl2N6O3S. The van der Waals surface area contributed by atoms with Crippen LogP contribution in [0.2, 0.25) is 0 Å². The Bertz CT molecular complexity index is 464. The lowest BCUT2D eigenvalue weighted by Gasteiger charge is -2.23. The summed E-state index contributed by atoms with van der Waals surface area (Å²) >= 11 is 1.58. The van der Waals surface area contributed by atoms with E-state index in [0.29, 0.717) is 6.67 Å². The maximum absolute atomic E-state index is 7.37. The van der Waals surface area contributed by atoms with Gasteiger partial charge in [-0.05, 0) is 6.42 Å². The number of unbranched alkanes of at least 4 members (excludes halogenated alkanes) is 2. The van der Waals surface area contributed by atoms with Crippen molar-refractivity contribution >= 4 is 47.8 Å². The lowest BCUT2D eigenvalue weighted by Crippen LogP contribution is -2.45. The molecule has 0 fully saturated rings. The zero-order valence-electron chi connectivity index (χ0n) is 13.4. The Balaban J connectivity index is -0.000000400. The molecule has 0 aromatic carbocycles. The number of nitrogens with one attached hydrogen (secondary N) is 2. The summed E-state index contributed by atoms with van der Waals surface area (Å²) < 4.78 is 0. The van der Waals surface area contributed by atoms with E-state index in [2.05, 4.69) is 28.4 Å². The van der Waals surface area contributed by atoms with Gasteiger partial charge < -0.3 is 27.1 Å². The standard InChI is InChI=1S/C12H20N6S.2ClH.3H2O/c1-2-3-4-6-17-8-10(11-15-5-7-19-11)18(9-17)16-12(13)14;;;;;/h5,7-8H,2-4,6,9H2,1H3,(H4,13,14,16);2*1H;3*1H2. The van der Waals surface area contributed by atoms with Crippen molar-refractivity contribution in [2.24, 2.45) is 5.73 Å². The van der Waals surface area contributed by atoms with Crippen molar-refractivity contribution in [1.29, 1.82) is 5.41 Å². The number of hydrogen-bond donors (Lipinski definition) is 3. The molecule has 144 valence electrons. The van der Waals surface area contributed by atoms with Crippen LogP contribution in [0.1, 0.15) is 31.2 Å². The minimum absolute atomic E-state index is 0. The van der Waals surface area contributed by atoms with E-state index >= 15 is 0 Å². The second-order valence-electron chi connectivity index (χ2n) is 4.47. The molecule has 1 aliphatic heterocycles. The number of aromatic nitrogens is 1. The zero-order valence-corrected chi connectivity index (χ0v) is 15.9. The molecule has 0 atom stereocenters. The van der Waals surface area contributed by atoms with Crippen LogP contribution in [0.15, 0.2) is 17.8 Å². The highest BCUT2D eigenvalue weighted by Gasteiger charge is 2.23. The number of rotatable bonds is 6. The monoisotopic (exact) mass is 406 g/mol. The normalized spacial score (nSPS) is 11.6. The van der Waals surface area contributed by atoms with Gasteiger partial charge in [-0.3, -0.25) is 15.8 Å². The predicted octanol–water partition coefficient (Wildman–Crippen LogP) is -0.0256. The van der Waals surface area contributed by atoms with E-state index in [1.165, 1.54) is 19.3 Å². The van der Waals surface area contributed by atoms with Gasteiger partial charge in [0, 0.05) is 24.3 Å². The van der Waals surface area contributed by atoms with Gasteiger partial charge in [0.1, 0.15) is 17.4 Å². The van der Waals surface area contributed by atoms with Crippen molar-refractivity contribution in [2.75, 3.05) is 13.2 Å². The Hall–Kier alpha value is -1.30. The van der Waals surface area contributed by atoms with Crippen molar-refractivity contribution in [3.63, 3.8) is 0 Å². The van der Waals surface area contributed by atoms with Crippen LogP contribution in [-0.2, 0) is 0 Å². The number of nitrogens with two attached hydrogens (primary N) is 1. The third-order valence-electron chi connectivity index (χ3n) is 2.87. The van der Waals surface area contributed by atoms with Gasteiger partial charge in [-0.25, -0.2) is 4.98 Å². The average Bonchev–Trinajstić information content (AvgIpc) is 2.98. The number of hydrazine groups is 1. The van der Waals surface area contributed by atoms with Gasteiger partial charge in [0.2, 0.25) is 5.96 Å². The Kier molecular flexibility index (Phi) is 19.4. The Morgan fingerprint density at radius 3 is 2.50 bits per heavy atom. The minimum Gasteiger partial charge on any atom is -0.412 e. The van der Waals surface area contributed by atoms with Gasteiger partial charge in [-0.2, -0.15) is 0 Å².